The summed E-state index contributed by atoms with van der Waals surface area (Å²) >= 11 is 0. The molecule has 0 amide bonds. The smallest absolute Gasteiger partial charge is 0.376 e. The molecule has 1 nitrogen and oxygen atoms in total. The molecule has 1 atom stereocenters. The third kappa shape index (κ3) is 11.0. The second-order valence-electron chi connectivity index (χ2n) is 18.1. The zero-order valence-corrected chi connectivity index (χ0v) is 38.6. The van der Waals surface area contributed by atoms with E-state index in [1.165, 1.54) is 97.3 Å². The summed E-state index contributed by atoms with van der Waals surface area (Å²) in [6, 6.07) is 34.6. The molecule has 0 saturated carbocycles. The van der Waals surface area contributed by atoms with E-state index in [4.69, 9.17) is 4.74 Å². The number of allylic oxidation sites excluding steroid dienone is 1. The molecule has 3 heteroatoms. The van der Waals surface area contributed by atoms with Crippen molar-refractivity contribution in [2.75, 3.05) is 6.61 Å². The normalized spacial score (nSPS) is 14.3. The maximum Gasteiger partial charge on any atom is 2.00 e. The summed E-state index contributed by atoms with van der Waals surface area (Å²) in [7, 11) is 0.703. The van der Waals surface area contributed by atoms with Gasteiger partial charge in [0, 0.05) is 16.1 Å². The van der Waals surface area contributed by atoms with Gasteiger partial charge in [0.1, 0.15) is 0 Å². The van der Waals surface area contributed by atoms with Crippen molar-refractivity contribution in [1.82, 2.24) is 0 Å². The first-order valence-corrected chi connectivity index (χ1v) is 21.0. The van der Waals surface area contributed by atoms with Gasteiger partial charge in [0.15, 0.2) is 0 Å². The largest absolute Gasteiger partial charge is 2.00 e. The molecule has 0 N–H and O–H groups in total. The van der Waals surface area contributed by atoms with Gasteiger partial charge in [-0.25, -0.2) is 0 Å². The van der Waals surface area contributed by atoms with E-state index in [-0.39, 0.29) is 42.6 Å². The van der Waals surface area contributed by atoms with Crippen LogP contribution in [-0.2, 0) is 41.8 Å². The number of aryl methyl sites for hydroxylation is 1. The van der Waals surface area contributed by atoms with E-state index in [9.17, 15) is 0 Å². The van der Waals surface area contributed by atoms with E-state index in [0.717, 1.165) is 13.0 Å². The summed E-state index contributed by atoms with van der Waals surface area (Å²) in [5, 5.41) is 4.30. The van der Waals surface area contributed by atoms with Crippen molar-refractivity contribution in [1.29, 1.82) is 0 Å². The molecule has 54 heavy (non-hydrogen) atoms. The van der Waals surface area contributed by atoms with Crippen LogP contribution in [0.5, 0.6) is 0 Å². The van der Waals surface area contributed by atoms with Crippen LogP contribution in [0.15, 0.2) is 96.6 Å². The Morgan fingerprint density at radius 3 is 1.76 bits per heavy atom. The van der Waals surface area contributed by atoms with Crippen LogP contribution in [0.3, 0.4) is 0 Å². The fraction of sp³-hybridized carbons (Fsp3) is 0.412. The van der Waals surface area contributed by atoms with Gasteiger partial charge in [-0.1, -0.05) is 158 Å². The molecule has 1 aliphatic carbocycles. The van der Waals surface area contributed by atoms with Crippen LogP contribution in [0.4, 0.5) is 0 Å². The average Bonchev–Trinajstić information content (AvgIpc) is 3.60. The van der Waals surface area contributed by atoms with Crippen molar-refractivity contribution in [3.8, 4) is 22.3 Å². The van der Waals surface area contributed by atoms with Gasteiger partial charge in [-0.15, -0.1) is 33.7 Å². The molecule has 5 aromatic rings. The van der Waals surface area contributed by atoms with Crippen LogP contribution in [-0.4, -0.2) is 21.7 Å². The number of unbranched alkanes of at least 4 members (excludes halogenated alkanes) is 4. The molecule has 2 radical (unpaired) electrons. The Kier molecular flexibility index (Phi) is 15.1. The van der Waals surface area contributed by atoms with Gasteiger partial charge in [0.2, 0.25) is 0 Å². The van der Waals surface area contributed by atoms with Crippen molar-refractivity contribution in [2.24, 2.45) is 0 Å². The zero-order chi connectivity index (χ0) is 38.6. The minimum atomic E-state index is 0. The Morgan fingerprint density at radius 2 is 1.20 bits per heavy atom. The molecule has 0 bridgehead atoms. The first kappa shape index (κ1) is 44.0. The van der Waals surface area contributed by atoms with E-state index in [0.29, 0.717) is 15.1 Å². The van der Waals surface area contributed by atoms with Gasteiger partial charge < -0.3 is 11.7 Å². The Hall–Kier alpha value is -2.71. The van der Waals surface area contributed by atoms with Crippen LogP contribution < -0.4 is 5.19 Å². The minimum Gasteiger partial charge on any atom is -0.376 e. The zero-order valence-electron chi connectivity index (χ0n) is 35.2. The molecule has 6 rings (SSSR count). The number of rotatable bonds is 10. The van der Waals surface area contributed by atoms with Gasteiger partial charge in [-0.05, 0) is 89.4 Å². The van der Waals surface area contributed by atoms with Gasteiger partial charge in [-0.2, -0.15) is 12.5 Å². The monoisotopic (exact) mass is 810 g/mol. The van der Waals surface area contributed by atoms with Gasteiger partial charge in [-0.3, -0.25) is 0 Å². The van der Waals surface area contributed by atoms with Crippen LogP contribution in [0, 0.1) is 13.8 Å². The van der Waals surface area contributed by atoms with Crippen molar-refractivity contribution >= 4 is 31.6 Å². The molecule has 0 aliphatic heterocycles. The third-order valence-electron chi connectivity index (χ3n) is 10.5. The summed E-state index contributed by atoms with van der Waals surface area (Å²) in [6.07, 6.45) is 8.55. The molecule has 0 aromatic heterocycles. The van der Waals surface area contributed by atoms with Crippen molar-refractivity contribution in [3.63, 3.8) is 0 Å². The first-order valence-electron chi connectivity index (χ1n) is 19.9. The Bertz CT molecular complexity index is 1990. The fourth-order valence-corrected chi connectivity index (χ4v) is 9.01. The molecule has 0 heterocycles. The van der Waals surface area contributed by atoms with E-state index in [2.05, 4.69) is 180 Å². The second kappa shape index (κ2) is 18.5. The summed E-state index contributed by atoms with van der Waals surface area (Å²) in [5.74, 6) is 0. The second-order valence-corrected chi connectivity index (χ2v) is 19.5. The van der Waals surface area contributed by atoms with Crippen molar-refractivity contribution < 1.29 is 30.9 Å². The number of hydrogen-bond acceptors (Lipinski definition) is 1. The molecule has 5 aromatic carbocycles. The standard InChI is InChI=1S/C40H41Si.C11H23O.Zr/c1-25-23-35-31(27-15-19-29(20-16-27)39(3,4)5)11-9-13-33(35)37(25)41-38-26(2)24-36-32(12-10-14-34(36)38)28-17-21-30(22-18-28)40(6,7)8;1-5-6-7-8-9-10-12-11(2,3)4;/h9-24,37H,1-8H3;1,5-10H2,2-4H3;/q2*-1;+2. The Morgan fingerprint density at radius 1 is 0.667 bits per heavy atom. The number of ether oxygens (including phenoxy) is 1. The van der Waals surface area contributed by atoms with E-state index in [1.807, 2.05) is 0 Å². The molecule has 0 fully saturated rings. The minimum absolute atomic E-state index is 0. The molecule has 1 unspecified atom stereocenters. The van der Waals surface area contributed by atoms with Crippen LogP contribution in [0.1, 0.15) is 135 Å². The maximum absolute atomic E-state index is 5.59. The molecular formula is C51H64OSiZr. The number of hydrogen-bond donors (Lipinski definition) is 0. The predicted octanol–water partition coefficient (Wildman–Crippen LogP) is 13.9. The summed E-state index contributed by atoms with van der Waals surface area (Å²) < 4.78 is 5.59. The van der Waals surface area contributed by atoms with Crippen LogP contribution >= 0.6 is 0 Å². The van der Waals surface area contributed by atoms with Crippen molar-refractivity contribution in [2.45, 2.75) is 130 Å². The van der Waals surface area contributed by atoms with Crippen LogP contribution in [0.2, 0.25) is 0 Å². The summed E-state index contributed by atoms with van der Waals surface area (Å²) in [6.45, 7) is 29.3. The Labute approximate surface area is 350 Å². The summed E-state index contributed by atoms with van der Waals surface area (Å²) in [4.78, 5) is 0. The third-order valence-corrected chi connectivity index (χ3v) is 12.5. The van der Waals surface area contributed by atoms with Gasteiger partial charge in [0.05, 0.1) is 5.60 Å². The quantitative estimate of drug-likeness (QED) is 0.0775. The van der Waals surface area contributed by atoms with Crippen molar-refractivity contribution in [3.05, 3.63) is 131 Å². The average molecular weight is 812 g/mol. The molecular weight excluding hydrogens is 748 g/mol. The molecule has 0 saturated heterocycles. The van der Waals surface area contributed by atoms with Gasteiger partial charge >= 0.3 is 26.2 Å². The maximum atomic E-state index is 5.59. The van der Waals surface area contributed by atoms with E-state index < -0.39 is 0 Å². The first-order chi connectivity index (χ1) is 25.0. The SMILES string of the molecule is CC1=Cc2c(-c3ccc(C(C)(C)C)cc3)cccc2C1[Si][c-]1c(C)cc2c(-c3ccc(C(C)(C)C)cc3)cccc21.[CH2-]CCCCCCOC(C)(C)C.[Zr+2]. The van der Waals surface area contributed by atoms with E-state index in [1.54, 1.807) is 0 Å². The van der Waals surface area contributed by atoms with Crippen LogP contribution in [0.25, 0.3) is 39.1 Å². The number of benzene rings is 4. The molecule has 0 spiro atoms. The fourth-order valence-electron chi connectivity index (χ4n) is 7.33. The molecule has 282 valence electrons. The van der Waals surface area contributed by atoms with E-state index >= 15 is 0 Å². The Balaban J connectivity index is 0.000000433. The number of fused-ring (bicyclic) bond motifs is 2. The topological polar surface area (TPSA) is 9.23 Å². The van der Waals surface area contributed by atoms with Gasteiger partial charge in [0.25, 0.3) is 0 Å². The summed E-state index contributed by atoms with van der Waals surface area (Å²) in [5.41, 5.74) is 14.6. The predicted molar refractivity (Wildman–Crippen MR) is 235 cm³/mol. The molecule has 1 aliphatic rings.